The fourth-order valence-corrected chi connectivity index (χ4v) is 2.80. The second kappa shape index (κ2) is 12.1. The lowest BCUT2D eigenvalue weighted by Gasteiger charge is -2.17. The van der Waals surface area contributed by atoms with E-state index >= 15 is 0 Å². The summed E-state index contributed by atoms with van der Waals surface area (Å²) in [5.74, 6) is 1.46. The summed E-state index contributed by atoms with van der Waals surface area (Å²) in [4.78, 5) is 11.6. The summed E-state index contributed by atoms with van der Waals surface area (Å²) in [6.07, 6.45) is 4.00. The Bertz CT molecular complexity index is 664. The highest BCUT2D eigenvalue weighted by atomic mass is 16.3. The van der Waals surface area contributed by atoms with Crippen molar-refractivity contribution in [2.24, 2.45) is 4.99 Å². The second-order valence-corrected chi connectivity index (χ2v) is 6.37. The quantitative estimate of drug-likeness (QED) is 0.359. The predicted molar refractivity (Wildman–Crippen MR) is 112 cm³/mol. The summed E-state index contributed by atoms with van der Waals surface area (Å²) in [5, 5.41) is 6.68. The Morgan fingerprint density at radius 3 is 2.56 bits per heavy atom. The van der Waals surface area contributed by atoms with Gasteiger partial charge in [0.25, 0.3) is 0 Å². The van der Waals surface area contributed by atoms with E-state index in [4.69, 9.17) is 4.42 Å². The maximum atomic E-state index is 5.57. The summed E-state index contributed by atoms with van der Waals surface area (Å²) >= 11 is 0. The van der Waals surface area contributed by atoms with Crippen LogP contribution in [0.3, 0.4) is 0 Å². The molecule has 0 atom stereocenters. The molecule has 0 aliphatic heterocycles. The van der Waals surface area contributed by atoms with Gasteiger partial charge in [0, 0.05) is 18.7 Å². The van der Waals surface area contributed by atoms with Crippen LogP contribution in [0.2, 0.25) is 0 Å². The van der Waals surface area contributed by atoms with Crippen molar-refractivity contribution >= 4 is 5.96 Å². The van der Waals surface area contributed by atoms with Crippen LogP contribution in [-0.4, -0.2) is 48.6 Å². The van der Waals surface area contributed by atoms with E-state index in [2.05, 4.69) is 46.3 Å². The van der Waals surface area contributed by atoms with E-state index in [1.807, 2.05) is 30.3 Å². The van der Waals surface area contributed by atoms with Crippen molar-refractivity contribution in [1.82, 2.24) is 20.5 Å². The van der Waals surface area contributed by atoms with Gasteiger partial charge in [0.2, 0.25) is 5.89 Å². The number of nitrogens with one attached hydrogen (secondary N) is 2. The molecule has 0 aliphatic carbocycles. The average Bonchev–Trinajstić information content (AvgIpc) is 3.18. The highest BCUT2D eigenvalue weighted by Gasteiger charge is 2.06. The molecule has 1 aromatic heterocycles. The normalized spacial score (nSPS) is 11.8. The molecular formula is C21H33N5O. The fraction of sp³-hybridized carbons (Fsp3) is 0.524. The topological polar surface area (TPSA) is 65.7 Å². The smallest absolute Gasteiger partial charge is 0.226 e. The Kier molecular flexibility index (Phi) is 9.41. The summed E-state index contributed by atoms with van der Waals surface area (Å²) < 4.78 is 5.57. The molecular weight excluding hydrogens is 338 g/mol. The van der Waals surface area contributed by atoms with E-state index in [1.54, 1.807) is 6.26 Å². The number of benzene rings is 1. The lowest BCUT2D eigenvalue weighted by molar-refractivity contribution is 0.297. The zero-order valence-electron chi connectivity index (χ0n) is 16.9. The van der Waals surface area contributed by atoms with Gasteiger partial charge in [-0.2, -0.15) is 0 Å². The highest BCUT2D eigenvalue weighted by molar-refractivity contribution is 5.79. The molecule has 1 aromatic carbocycles. The molecule has 148 valence electrons. The molecule has 27 heavy (non-hydrogen) atoms. The lowest BCUT2D eigenvalue weighted by atomic mass is 10.2. The molecule has 2 aromatic rings. The first-order chi connectivity index (χ1) is 13.3. The van der Waals surface area contributed by atoms with Crippen LogP contribution in [0, 0.1) is 0 Å². The van der Waals surface area contributed by atoms with Crippen molar-refractivity contribution in [1.29, 1.82) is 0 Å². The van der Waals surface area contributed by atoms with Gasteiger partial charge < -0.3 is 20.0 Å². The third-order valence-electron chi connectivity index (χ3n) is 4.40. The number of hydrogen-bond donors (Lipinski definition) is 2. The Balaban J connectivity index is 1.80. The van der Waals surface area contributed by atoms with Crippen molar-refractivity contribution in [3.63, 3.8) is 0 Å². The van der Waals surface area contributed by atoms with E-state index < -0.39 is 0 Å². The zero-order chi connectivity index (χ0) is 19.3. The van der Waals surface area contributed by atoms with Crippen LogP contribution in [-0.2, 0) is 6.54 Å². The van der Waals surface area contributed by atoms with E-state index in [9.17, 15) is 0 Å². The Morgan fingerprint density at radius 1 is 1.07 bits per heavy atom. The monoisotopic (exact) mass is 371 g/mol. The molecule has 6 heteroatoms. The molecule has 0 spiro atoms. The largest absolute Gasteiger partial charge is 0.444 e. The van der Waals surface area contributed by atoms with Crippen LogP contribution in [0.1, 0.15) is 39.3 Å². The minimum Gasteiger partial charge on any atom is -0.444 e. The number of guanidine groups is 1. The van der Waals surface area contributed by atoms with Crippen molar-refractivity contribution in [3.8, 4) is 11.5 Å². The molecule has 2 N–H and O–H groups in total. The third-order valence-corrected chi connectivity index (χ3v) is 4.40. The molecule has 2 rings (SSSR count). The minimum atomic E-state index is 0.491. The van der Waals surface area contributed by atoms with Crippen LogP contribution in [0.15, 0.2) is 46.0 Å². The van der Waals surface area contributed by atoms with E-state index in [1.165, 1.54) is 6.42 Å². The van der Waals surface area contributed by atoms with Crippen molar-refractivity contribution < 1.29 is 4.42 Å². The molecule has 6 nitrogen and oxygen atoms in total. The standard InChI is InChI=1S/C21H33N5O/c1-4-22-21(23-14-10-11-15-26(5-2)6-3)24-16-19-17-27-20(25-19)18-12-8-7-9-13-18/h7-9,12-13,17H,4-6,10-11,14-16H2,1-3H3,(H2,22,23,24). The highest BCUT2D eigenvalue weighted by Crippen LogP contribution is 2.18. The maximum Gasteiger partial charge on any atom is 0.226 e. The molecule has 0 saturated heterocycles. The van der Waals surface area contributed by atoms with Gasteiger partial charge >= 0.3 is 0 Å². The van der Waals surface area contributed by atoms with Crippen LogP contribution in [0.25, 0.3) is 11.5 Å². The van der Waals surface area contributed by atoms with Crippen LogP contribution in [0.5, 0.6) is 0 Å². The first-order valence-electron chi connectivity index (χ1n) is 10.0. The molecule has 0 fully saturated rings. The van der Waals surface area contributed by atoms with Gasteiger partial charge in [-0.1, -0.05) is 32.0 Å². The van der Waals surface area contributed by atoms with Crippen LogP contribution < -0.4 is 10.6 Å². The average molecular weight is 372 g/mol. The van der Waals surface area contributed by atoms with Gasteiger partial charge in [0.1, 0.15) is 12.0 Å². The summed E-state index contributed by atoms with van der Waals surface area (Å²) in [7, 11) is 0. The van der Waals surface area contributed by atoms with Gasteiger partial charge in [-0.15, -0.1) is 0 Å². The number of oxazole rings is 1. The third kappa shape index (κ3) is 7.43. The van der Waals surface area contributed by atoms with Crippen LogP contribution in [0.4, 0.5) is 0 Å². The Labute approximate surface area is 163 Å². The van der Waals surface area contributed by atoms with Crippen molar-refractivity contribution in [3.05, 3.63) is 42.3 Å². The first kappa shape index (κ1) is 21.0. The zero-order valence-corrected chi connectivity index (χ0v) is 16.9. The molecule has 0 saturated carbocycles. The number of nitrogens with zero attached hydrogens (tertiary/aromatic N) is 3. The molecule has 0 bridgehead atoms. The summed E-state index contributed by atoms with van der Waals surface area (Å²) in [6, 6.07) is 9.91. The minimum absolute atomic E-state index is 0.491. The van der Waals surface area contributed by atoms with Gasteiger partial charge in [-0.25, -0.2) is 9.98 Å². The predicted octanol–water partition coefficient (Wildman–Crippen LogP) is 3.52. The molecule has 0 radical (unpaired) electrons. The summed E-state index contributed by atoms with van der Waals surface area (Å²) in [6.45, 7) is 12.1. The van der Waals surface area contributed by atoms with E-state index in [-0.39, 0.29) is 0 Å². The van der Waals surface area contributed by atoms with Crippen molar-refractivity contribution in [2.75, 3.05) is 32.7 Å². The van der Waals surface area contributed by atoms with E-state index in [0.29, 0.717) is 12.4 Å². The fourth-order valence-electron chi connectivity index (χ4n) is 2.80. The number of rotatable bonds is 11. The maximum absolute atomic E-state index is 5.57. The van der Waals surface area contributed by atoms with Gasteiger partial charge in [0.05, 0.1) is 6.54 Å². The van der Waals surface area contributed by atoms with Gasteiger partial charge in [0.15, 0.2) is 5.96 Å². The second-order valence-electron chi connectivity index (χ2n) is 6.37. The van der Waals surface area contributed by atoms with Crippen molar-refractivity contribution in [2.45, 2.75) is 40.2 Å². The lowest BCUT2D eigenvalue weighted by Crippen LogP contribution is -2.38. The molecule has 1 heterocycles. The van der Waals surface area contributed by atoms with Gasteiger partial charge in [-0.05, 0) is 51.5 Å². The Hall–Kier alpha value is -2.34. The number of aliphatic imine (C=N–C) groups is 1. The van der Waals surface area contributed by atoms with E-state index in [0.717, 1.165) is 56.4 Å². The first-order valence-corrected chi connectivity index (χ1v) is 10.0. The summed E-state index contributed by atoms with van der Waals surface area (Å²) in [5.41, 5.74) is 1.80. The van der Waals surface area contributed by atoms with Crippen LogP contribution >= 0.6 is 0 Å². The Morgan fingerprint density at radius 2 is 1.85 bits per heavy atom. The number of hydrogen-bond acceptors (Lipinski definition) is 4. The number of unbranched alkanes of at least 4 members (excludes halogenated alkanes) is 1. The SMILES string of the molecule is CCNC(=NCc1coc(-c2ccccc2)n1)NCCCCN(CC)CC. The number of aromatic nitrogens is 1. The van der Waals surface area contributed by atoms with Gasteiger partial charge in [-0.3, -0.25) is 0 Å². The molecule has 0 amide bonds. The molecule has 0 unspecified atom stereocenters. The molecule has 0 aliphatic rings.